The van der Waals surface area contributed by atoms with E-state index in [9.17, 15) is 9.59 Å². The van der Waals surface area contributed by atoms with Crippen LogP contribution in [0.25, 0.3) is 0 Å². The molecule has 2 amide bonds. The number of para-hydroxylation sites is 1. The molecule has 0 bridgehead atoms. The molecule has 0 spiro atoms. The van der Waals surface area contributed by atoms with E-state index < -0.39 is 5.91 Å². The summed E-state index contributed by atoms with van der Waals surface area (Å²) < 4.78 is 0. The second kappa shape index (κ2) is 7.95. The number of anilines is 2. The van der Waals surface area contributed by atoms with Crippen LogP contribution in [-0.2, 0) is 6.42 Å². The van der Waals surface area contributed by atoms with E-state index >= 15 is 0 Å². The molecule has 6 nitrogen and oxygen atoms in total. The second-order valence-electron chi connectivity index (χ2n) is 6.76. The Morgan fingerprint density at radius 2 is 1.86 bits per heavy atom. The molecule has 29 heavy (non-hydrogen) atoms. The normalized spacial score (nSPS) is 12.6. The third kappa shape index (κ3) is 3.85. The lowest BCUT2D eigenvalue weighted by Crippen LogP contribution is -2.35. The van der Waals surface area contributed by atoms with Crippen LogP contribution in [0, 0.1) is 11.3 Å². The van der Waals surface area contributed by atoms with Crippen molar-refractivity contribution in [2.24, 2.45) is 0 Å². The molecule has 3 aromatic rings. The number of nitrogens with one attached hydrogen (secondary N) is 1. The number of benzene rings is 2. The predicted octanol–water partition coefficient (Wildman–Crippen LogP) is 3.80. The number of aryl methyl sites for hydroxylation is 1. The van der Waals surface area contributed by atoms with Gasteiger partial charge in [-0.25, -0.2) is 0 Å². The first-order valence-electron chi connectivity index (χ1n) is 9.33. The van der Waals surface area contributed by atoms with Crippen LogP contribution in [0.1, 0.15) is 38.4 Å². The zero-order valence-corrected chi connectivity index (χ0v) is 15.6. The molecule has 1 aliphatic rings. The fourth-order valence-corrected chi connectivity index (χ4v) is 3.41. The van der Waals surface area contributed by atoms with Gasteiger partial charge in [-0.15, -0.1) is 0 Å². The Morgan fingerprint density at radius 1 is 1.07 bits per heavy atom. The van der Waals surface area contributed by atoms with Crippen molar-refractivity contribution in [1.29, 1.82) is 5.26 Å². The van der Waals surface area contributed by atoms with E-state index in [1.165, 1.54) is 12.3 Å². The standard InChI is InChI=1S/C23H18N4O2/c24-15-16-7-9-19(10-8-16)26-22(28)20-14-18(11-12-25-20)23(29)27-13-3-5-17-4-1-2-6-21(17)27/h1-2,4,6-12,14H,3,5,13H2,(H,26,28). The van der Waals surface area contributed by atoms with E-state index in [0.29, 0.717) is 23.4 Å². The van der Waals surface area contributed by atoms with Gasteiger partial charge in [-0.05, 0) is 60.9 Å². The molecule has 1 N–H and O–H groups in total. The molecule has 6 heteroatoms. The Labute approximate surface area is 168 Å². The highest BCUT2D eigenvalue weighted by atomic mass is 16.2. The molecule has 0 aliphatic carbocycles. The van der Waals surface area contributed by atoms with Crippen LogP contribution in [0.2, 0.25) is 0 Å². The quantitative estimate of drug-likeness (QED) is 0.746. The van der Waals surface area contributed by atoms with Crippen LogP contribution in [0.3, 0.4) is 0 Å². The summed E-state index contributed by atoms with van der Waals surface area (Å²) in [5.41, 5.74) is 3.71. The number of nitriles is 1. The number of nitrogens with zero attached hydrogens (tertiary/aromatic N) is 3. The van der Waals surface area contributed by atoms with E-state index in [1.807, 2.05) is 30.3 Å². The van der Waals surface area contributed by atoms with Crippen LogP contribution in [0.4, 0.5) is 11.4 Å². The van der Waals surface area contributed by atoms with Crippen LogP contribution in [-0.4, -0.2) is 23.3 Å². The Hall–Kier alpha value is -3.98. The molecular weight excluding hydrogens is 364 g/mol. The maximum absolute atomic E-state index is 13.1. The molecule has 0 saturated carbocycles. The highest BCUT2D eigenvalue weighted by Gasteiger charge is 2.24. The number of rotatable bonds is 3. The largest absolute Gasteiger partial charge is 0.321 e. The molecule has 1 aliphatic heterocycles. The van der Waals surface area contributed by atoms with E-state index in [1.54, 1.807) is 35.2 Å². The van der Waals surface area contributed by atoms with E-state index in [-0.39, 0.29) is 11.6 Å². The number of pyridine rings is 1. The fraction of sp³-hybridized carbons (Fsp3) is 0.130. The smallest absolute Gasteiger partial charge is 0.274 e. The van der Waals surface area contributed by atoms with Gasteiger partial charge in [-0.1, -0.05) is 18.2 Å². The fourth-order valence-electron chi connectivity index (χ4n) is 3.41. The number of hydrogen-bond acceptors (Lipinski definition) is 4. The summed E-state index contributed by atoms with van der Waals surface area (Å²) in [7, 11) is 0. The Kier molecular flexibility index (Phi) is 5.04. The lowest BCUT2D eigenvalue weighted by atomic mass is 10.0. The number of carbonyl (C=O) groups excluding carboxylic acids is 2. The third-order valence-electron chi connectivity index (χ3n) is 4.87. The minimum Gasteiger partial charge on any atom is -0.321 e. The van der Waals surface area contributed by atoms with Crippen LogP contribution in [0.5, 0.6) is 0 Å². The van der Waals surface area contributed by atoms with Gasteiger partial charge in [0.05, 0.1) is 11.6 Å². The summed E-state index contributed by atoms with van der Waals surface area (Å²) >= 11 is 0. The SMILES string of the molecule is N#Cc1ccc(NC(=O)c2cc(C(=O)N3CCCc4ccccc43)ccn2)cc1. The van der Waals surface area contributed by atoms with Crippen LogP contribution in [0.15, 0.2) is 66.9 Å². The van der Waals surface area contributed by atoms with Crippen molar-refractivity contribution in [3.8, 4) is 6.07 Å². The summed E-state index contributed by atoms with van der Waals surface area (Å²) in [5, 5.41) is 11.6. The number of fused-ring (bicyclic) bond motifs is 1. The van der Waals surface area contributed by atoms with Crippen LogP contribution < -0.4 is 10.2 Å². The molecule has 2 heterocycles. The highest BCUT2D eigenvalue weighted by Crippen LogP contribution is 2.28. The summed E-state index contributed by atoms with van der Waals surface area (Å²) in [6.07, 6.45) is 3.32. The van der Waals surface area contributed by atoms with Gasteiger partial charge in [0.1, 0.15) is 5.69 Å². The molecule has 4 rings (SSSR count). The Morgan fingerprint density at radius 3 is 2.66 bits per heavy atom. The minimum atomic E-state index is -0.414. The van der Waals surface area contributed by atoms with Crippen molar-refractivity contribution in [3.05, 3.63) is 89.2 Å². The van der Waals surface area contributed by atoms with Gasteiger partial charge in [0.15, 0.2) is 0 Å². The average Bonchev–Trinajstić information content (AvgIpc) is 2.79. The van der Waals surface area contributed by atoms with Crippen molar-refractivity contribution in [2.45, 2.75) is 12.8 Å². The van der Waals surface area contributed by atoms with Gasteiger partial charge >= 0.3 is 0 Å². The van der Waals surface area contributed by atoms with Crippen molar-refractivity contribution in [3.63, 3.8) is 0 Å². The average molecular weight is 382 g/mol. The minimum absolute atomic E-state index is 0.146. The monoisotopic (exact) mass is 382 g/mol. The first kappa shape index (κ1) is 18.4. The predicted molar refractivity (Wildman–Crippen MR) is 110 cm³/mol. The molecule has 2 aromatic carbocycles. The molecule has 0 fully saturated rings. The summed E-state index contributed by atoms with van der Waals surface area (Å²) in [6, 6.07) is 19.6. The van der Waals surface area contributed by atoms with Crippen molar-refractivity contribution in [1.82, 2.24) is 4.98 Å². The first-order valence-corrected chi connectivity index (χ1v) is 9.33. The van der Waals surface area contributed by atoms with E-state index in [4.69, 9.17) is 5.26 Å². The van der Waals surface area contributed by atoms with Crippen molar-refractivity contribution in [2.75, 3.05) is 16.8 Å². The number of aromatic nitrogens is 1. The van der Waals surface area contributed by atoms with Gasteiger partial charge < -0.3 is 10.2 Å². The Bertz CT molecular complexity index is 1120. The highest BCUT2D eigenvalue weighted by molar-refractivity contribution is 6.09. The second-order valence-corrected chi connectivity index (χ2v) is 6.76. The zero-order chi connectivity index (χ0) is 20.2. The van der Waals surface area contributed by atoms with Gasteiger partial charge in [-0.2, -0.15) is 5.26 Å². The van der Waals surface area contributed by atoms with E-state index in [0.717, 1.165) is 24.1 Å². The van der Waals surface area contributed by atoms with Crippen LogP contribution >= 0.6 is 0 Å². The van der Waals surface area contributed by atoms with Crippen molar-refractivity contribution >= 4 is 23.2 Å². The van der Waals surface area contributed by atoms with Gasteiger partial charge in [0, 0.05) is 29.7 Å². The van der Waals surface area contributed by atoms with Gasteiger partial charge in [0.2, 0.25) is 0 Å². The van der Waals surface area contributed by atoms with Gasteiger partial charge in [-0.3, -0.25) is 14.6 Å². The number of amides is 2. The molecule has 142 valence electrons. The lowest BCUT2D eigenvalue weighted by Gasteiger charge is -2.29. The van der Waals surface area contributed by atoms with Gasteiger partial charge in [0.25, 0.3) is 11.8 Å². The lowest BCUT2D eigenvalue weighted by molar-refractivity contribution is 0.0985. The topological polar surface area (TPSA) is 86.1 Å². The number of hydrogen-bond donors (Lipinski definition) is 1. The molecule has 0 unspecified atom stereocenters. The number of carbonyl (C=O) groups is 2. The zero-order valence-electron chi connectivity index (χ0n) is 15.6. The Balaban J connectivity index is 1.55. The molecule has 0 radical (unpaired) electrons. The maximum atomic E-state index is 13.1. The molecule has 0 atom stereocenters. The summed E-state index contributed by atoms with van der Waals surface area (Å²) in [5.74, 6) is -0.560. The molecular formula is C23H18N4O2. The van der Waals surface area contributed by atoms with Crippen molar-refractivity contribution < 1.29 is 9.59 Å². The molecule has 0 saturated heterocycles. The molecule has 1 aromatic heterocycles. The third-order valence-corrected chi connectivity index (χ3v) is 4.87. The van der Waals surface area contributed by atoms with E-state index in [2.05, 4.69) is 10.3 Å². The maximum Gasteiger partial charge on any atom is 0.274 e. The first-order chi connectivity index (χ1) is 14.2. The summed E-state index contributed by atoms with van der Waals surface area (Å²) in [4.78, 5) is 31.5. The summed E-state index contributed by atoms with van der Waals surface area (Å²) in [6.45, 7) is 0.644.